The van der Waals surface area contributed by atoms with E-state index in [2.05, 4.69) is 26.6 Å². The predicted octanol–water partition coefficient (Wildman–Crippen LogP) is 3.24. The summed E-state index contributed by atoms with van der Waals surface area (Å²) in [5.41, 5.74) is 0.807. The van der Waals surface area contributed by atoms with Gasteiger partial charge in [-0.15, -0.1) is 11.3 Å². The minimum Gasteiger partial charge on any atom is -0.325 e. The Labute approximate surface area is 118 Å². The second-order valence-electron chi connectivity index (χ2n) is 3.74. The zero-order valence-electron chi connectivity index (χ0n) is 9.65. The second-order valence-corrected chi connectivity index (χ2v) is 5.69. The number of carbonyl (C=O) groups is 1. The molecular formula is C13H13BrN2OS. The van der Waals surface area contributed by atoms with E-state index in [9.17, 15) is 4.79 Å². The Morgan fingerprint density at radius 3 is 2.67 bits per heavy atom. The van der Waals surface area contributed by atoms with Crippen molar-refractivity contribution < 1.29 is 4.79 Å². The predicted molar refractivity (Wildman–Crippen MR) is 78.8 cm³/mol. The zero-order valence-corrected chi connectivity index (χ0v) is 12.1. The number of amides is 1. The molecule has 1 amide bonds. The number of nitrogens with one attached hydrogen (secondary N) is 2. The Balaban J connectivity index is 1.73. The third kappa shape index (κ3) is 4.25. The van der Waals surface area contributed by atoms with Crippen molar-refractivity contribution in [2.45, 2.75) is 6.54 Å². The Bertz CT molecular complexity index is 496. The molecule has 1 aromatic heterocycles. The highest BCUT2D eigenvalue weighted by molar-refractivity contribution is 9.10. The van der Waals surface area contributed by atoms with E-state index in [0.29, 0.717) is 6.54 Å². The van der Waals surface area contributed by atoms with E-state index >= 15 is 0 Å². The second kappa shape index (κ2) is 6.68. The molecule has 1 aromatic carbocycles. The quantitative estimate of drug-likeness (QED) is 0.886. The summed E-state index contributed by atoms with van der Waals surface area (Å²) >= 11 is 5.03. The summed E-state index contributed by atoms with van der Waals surface area (Å²) in [6.07, 6.45) is 0. The summed E-state index contributed by atoms with van der Waals surface area (Å²) < 4.78 is 0.997. The van der Waals surface area contributed by atoms with Gasteiger partial charge in [0.25, 0.3) is 0 Å². The highest BCUT2D eigenvalue weighted by atomic mass is 79.9. The summed E-state index contributed by atoms with van der Waals surface area (Å²) in [6, 6.07) is 11.6. The topological polar surface area (TPSA) is 41.1 Å². The van der Waals surface area contributed by atoms with Crippen molar-refractivity contribution in [3.8, 4) is 0 Å². The summed E-state index contributed by atoms with van der Waals surface area (Å²) in [5.74, 6) is -0.0334. The van der Waals surface area contributed by atoms with Crippen LogP contribution in [0.25, 0.3) is 0 Å². The van der Waals surface area contributed by atoms with Gasteiger partial charge in [0.15, 0.2) is 0 Å². The fraction of sp³-hybridized carbons (Fsp3) is 0.154. The van der Waals surface area contributed by atoms with E-state index in [-0.39, 0.29) is 5.91 Å². The highest BCUT2D eigenvalue weighted by Crippen LogP contribution is 2.13. The third-order valence-electron chi connectivity index (χ3n) is 2.29. The first-order chi connectivity index (χ1) is 8.74. The molecule has 0 aliphatic rings. The van der Waals surface area contributed by atoms with Crippen molar-refractivity contribution >= 4 is 38.9 Å². The van der Waals surface area contributed by atoms with Gasteiger partial charge in [-0.2, -0.15) is 0 Å². The Morgan fingerprint density at radius 1 is 1.22 bits per heavy atom. The van der Waals surface area contributed by atoms with E-state index in [0.717, 1.165) is 16.7 Å². The van der Waals surface area contributed by atoms with Crippen LogP contribution in [0.5, 0.6) is 0 Å². The van der Waals surface area contributed by atoms with Crippen LogP contribution in [0, 0.1) is 0 Å². The number of carbonyl (C=O) groups excluding carboxylic acids is 1. The lowest BCUT2D eigenvalue weighted by atomic mass is 10.3. The SMILES string of the molecule is O=C(CNCc1cccs1)Nc1ccc(Br)cc1. The minimum absolute atomic E-state index is 0.0334. The van der Waals surface area contributed by atoms with Gasteiger partial charge in [-0.3, -0.25) is 4.79 Å². The molecule has 0 fully saturated rings. The van der Waals surface area contributed by atoms with E-state index in [4.69, 9.17) is 0 Å². The molecule has 5 heteroatoms. The summed E-state index contributed by atoms with van der Waals surface area (Å²) in [6.45, 7) is 1.04. The molecule has 94 valence electrons. The number of halogens is 1. The van der Waals surface area contributed by atoms with Crippen LogP contribution in [0.1, 0.15) is 4.88 Å². The van der Waals surface area contributed by atoms with Gasteiger partial charge in [-0.1, -0.05) is 22.0 Å². The van der Waals surface area contributed by atoms with Crippen LogP contribution in [-0.4, -0.2) is 12.5 Å². The molecule has 1 heterocycles. The van der Waals surface area contributed by atoms with Gasteiger partial charge in [0, 0.05) is 21.6 Å². The van der Waals surface area contributed by atoms with E-state index < -0.39 is 0 Å². The molecule has 0 saturated heterocycles. The lowest BCUT2D eigenvalue weighted by Gasteiger charge is -2.06. The zero-order chi connectivity index (χ0) is 12.8. The van der Waals surface area contributed by atoms with Crippen molar-refractivity contribution in [2.75, 3.05) is 11.9 Å². The van der Waals surface area contributed by atoms with Crippen molar-refractivity contribution in [2.24, 2.45) is 0 Å². The number of thiophene rings is 1. The number of rotatable bonds is 5. The standard InChI is InChI=1S/C13H13BrN2OS/c14-10-3-5-11(6-4-10)16-13(17)9-15-8-12-2-1-7-18-12/h1-7,15H,8-9H2,(H,16,17). The normalized spacial score (nSPS) is 10.3. The average molecular weight is 325 g/mol. The van der Waals surface area contributed by atoms with Crippen LogP contribution < -0.4 is 10.6 Å². The van der Waals surface area contributed by atoms with Crippen LogP contribution in [0.4, 0.5) is 5.69 Å². The van der Waals surface area contributed by atoms with Gasteiger partial charge in [-0.25, -0.2) is 0 Å². The van der Waals surface area contributed by atoms with Crippen molar-refractivity contribution in [3.05, 3.63) is 51.1 Å². The van der Waals surface area contributed by atoms with E-state index in [1.807, 2.05) is 41.8 Å². The van der Waals surface area contributed by atoms with Gasteiger partial charge in [-0.05, 0) is 35.7 Å². The van der Waals surface area contributed by atoms with Crippen LogP contribution in [-0.2, 0) is 11.3 Å². The Morgan fingerprint density at radius 2 is 2.00 bits per heavy atom. The molecule has 0 aliphatic carbocycles. The monoisotopic (exact) mass is 324 g/mol. The Kier molecular flexibility index (Phi) is 4.92. The molecular weight excluding hydrogens is 312 g/mol. The fourth-order valence-electron chi connectivity index (χ4n) is 1.45. The summed E-state index contributed by atoms with van der Waals surface area (Å²) in [5, 5.41) is 7.97. The first-order valence-electron chi connectivity index (χ1n) is 5.52. The lowest BCUT2D eigenvalue weighted by molar-refractivity contribution is -0.115. The lowest BCUT2D eigenvalue weighted by Crippen LogP contribution is -2.27. The van der Waals surface area contributed by atoms with Gasteiger partial charge < -0.3 is 10.6 Å². The van der Waals surface area contributed by atoms with Crippen LogP contribution in [0.3, 0.4) is 0 Å². The molecule has 2 aromatic rings. The first-order valence-corrected chi connectivity index (χ1v) is 7.20. The molecule has 3 nitrogen and oxygen atoms in total. The maximum Gasteiger partial charge on any atom is 0.238 e. The highest BCUT2D eigenvalue weighted by Gasteiger charge is 2.02. The minimum atomic E-state index is -0.0334. The van der Waals surface area contributed by atoms with Gasteiger partial charge in [0.2, 0.25) is 5.91 Å². The van der Waals surface area contributed by atoms with Gasteiger partial charge in [0.1, 0.15) is 0 Å². The van der Waals surface area contributed by atoms with E-state index in [1.165, 1.54) is 4.88 Å². The number of hydrogen-bond donors (Lipinski definition) is 2. The van der Waals surface area contributed by atoms with Gasteiger partial charge in [0.05, 0.1) is 6.54 Å². The van der Waals surface area contributed by atoms with Crippen LogP contribution in [0.2, 0.25) is 0 Å². The van der Waals surface area contributed by atoms with E-state index in [1.54, 1.807) is 11.3 Å². The maximum absolute atomic E-state index is 11.6. The van der Waals surface area contributed by atoms with Gasteiger partial charge >= 0.3 is 0 Å². The first kappa shape index (κ1) is 13.3. The summed E-state index contributed by atoms with van der Waals surface area (Å²) in [7, 11) is 0. The molecule has 18 heavy (non-hydrogen) atoms. The van der Waals surface area contributed by atoms with Crippen molar-refractivity contribution in [3.63, 3.8) is 0 Å². The summed E-state index contributed by atoms with van der Waals surface area (Å²) in [4.78, 5) is 12.9. The number of anilines is 1. The molecule has 0 bridgehead atoms. The molecule has 0 aliphatic heterocycles. The average Bonchev–Trinajstić information content (AvgIpc) is 2.85. The molecule has 0 spiro atoms. The van der Waals surface area contributed by atoms with Crippen LogP contribution in [0.15, 0.2) is 46.3 Å². The van der Waals surface area contributed by atoms with Crippen molar-refractivity contribution in [1.29, 1.82) is 0 Å². The van der Waals surface area contributed by atoms with Crippen LogP contribution >= 0.6 is 27.3 Å². The fourth-order valence-corrected chi connectivity index (χ4v) is 2.39. The molecule has 2 rings (SSSR count). The molecule has 2 N–H and O–H groups in total. The largest absolute Gasteiger partial charge is 0.325 e. The maximum atomic E-state index is 11.6. The molecule has 0 radical (unpaired) electrons. The number of hydrogen-bond acceptors (Lipinski definition) is 3. The Hall–Kier alpha value is -1.17. The molecule has 0 saturated carbocycles. The van der Waals surface area contributed by atoms with Crippen molar-refractivity contribution in [1.82, 2.24) is 5.32 Å². The smallest absolute Gasteiger partial charge is 0.238 e. The molecule has 0 atom stereocenters. The molecule has 0 unspecified atom stereocenters. The third-order valence-corrected chi connectivity index (χ3v) is 3.70. The number of benzene rings is 1.